The summed E-state index contributed by atoms with van der Waals surface area (Å²) in [6, 6.07) is 13.2. The maximum atomic E-state index is 12.9. The predicted molar refractivity (Wildman–Crippen MR) is 137 cm³/mol. The van der Waals surface area contributed by atoms with Crippen molar-refractivity contribution in [2.24, 2.45) is 5.92 Å². The van der Waals surface area contributed by atoms with Gasteiger partial charge in [0.15, 0.2) is 11.0 Å². The SMILES string of the molecule is CCn1c(SCC(=O)Nc2cc(C)cc(C)c2)nnc1[C@H](NC(=O)c1ccc(C)cc1)C(C)C. The molecule has 1 atom stereocenters. The average molecular weight is 480 g/mol. The lowest BCUT2D eigenvalue weighted by Gasteiger charge is -2.22. The molecular weight excluding hydrogens is 446 g/mol. The molecule has 0 bridgehead atoms. The summed E-state index contributed by atoms with van der Waals surface area (Å²) in [4.78, 5) is 25.4. The highest BCUT2D eigenvalue weighted by atomic mass is 32.2. The summed E-state index contributed by atoms with van der Waals surface area (Å²) in [7, 11) is 0. The largest absolute Gasteiger partial charge is 0.342 e. The molecule has 2 N–H and O–H groups in total. The molecule has 0 saturated heterocycles. The Morgan fingerprint density at radius 3 is 2.21 bits per heavy atom. The number of aromatic nitrogens is 3. The first kappa shape index (κ1) is 25.5. The summed E-state index contributed by atoms with van der Waals surface area (Å²) in [6.07, 6.45) is 0. The minimum atomic E-state index is -0.306. The lowest BCUT2D eigenvalue weighted by Crippen LogP contribution is -2.33. The van der Waals surface area contributed by atoms with Crippen LogP contribution < -0.4 is 10.6 Å². The molecule has 1 aromatic heterocycles. The Morgan fingerprint density at radius 1 is 0.971 bits per heavy atom. The van der Waals surface area contributed by atoms with E-state index in [1.165, 1.54) is 11.8 Å². The number of thioether (sulfide) groups is 1. The fraction of sp³-hybridized carbons (Fsp3) is 0.385. The molecule has 8 heteroatoms. The van der Waals surface area contributed by atoms with Crippen molar-refractivity contribution in [3.8, 4) is 0 Å². The highest BCUT2D eigenvalue weighted by Gasteiger charge is 2.26. The molecule has 7 nitrogen and oxygen atoms in total. The van der Waals surface area contributed by atoms with Gasteiger partial charge in [-0.15, -0.1) is 10.2 Å². The van der Waals surface area contributed by atoms with E-state index in [-0.39, 0.29) is 29.5 Å². The third kappa shape index (κ3) is 6.47. The Hall–Kier alpha value is -3.13. The summed E-state index contributed by atoms with van der Waals surface area (Å²) in [5.74, 6) is 0.763. The smallest absolute Gasteiger partial charge is 0.251 e. The van der Waals surface area contributed by atoms with Crippen molar-refractivity contribution < 1.29 is 9.59 Å². The van der Waals surface area contributed by atoms with Crippen LogP contribution in [0.1, 0.15) is 59.7 Å². The Balaban J connectivity index is 1.71. The molecule has 1 heterocycles. The number of benzene rings is 2. The zero-order valence-electron chi connectivity index (χ0n) is 20.7. The van der Waals surface area contributed by atoms with Crippen molar-refractivity contribution in [3.63, 3.8) is 0 Å². The van der Waals surface area contributed by atoms with E-state index in [0.29, 0.717) is 23.1 Å². The standard InChI is InChI=1S/C26H33N5O2S/c1-7-31-24(23(16(2)3)28-25(33)20-10-8-17(4)9-11-20)29-30-26(31)34-15-22(32)27-21-13-18(5)12-19(6)14-21/h8-14,16,23H,7,15H2,1-6H3,(H,27,32)(H,28,33)/t23-/m1/s1. The molecule has 3 rings (SSSR count). The van der Waals surface area contributed by atoms with E-state index in [2.05, 4.69) is 26.9 Å². The monoisotopic (exact) mass is 479 g/mol. The normalized spacial score (nSPS) is 12.0. The molecule has 2 aromatic carbocycles. The van der Waals surface area contributed by atoms with Crippen LogP contribution in [0.5, 0.6) is 0 Å². The second-order valence-corrected chi connectivity index (χ2v) is 9.80. The molecule has 0 spiro atoms. The van der Waals surface area contributed by atoms with Crippen LogP contribution in [-0.2, 0) is 11.3 Å². The fourth-order valence-corrected chi connectivity index (χ4v) is 4.58. The van der Waals surface area contributed by atoms with Crippen LogP contribution in [0.15, 0.2) is 47.6 Å². The molecule has 0 aliphatic rings. The van der Waals surface area contributed by atoms with E-state index in [1.54, 1.807) is 0 Å². The Bertz CT molecular complexity index is 1130. The van der Waals surface area contributed by atoms with Gasteiger partial charge in [-0.3, -0.25) is 9.59 Å². The van der Waals surface area contributed by atoms with Crippen molar-refractivity contribution in [1.82, 2.24) is 20.1 Å². The van der Waals surface area contributed by atoms with Gasteiger partial charge in [0, 0.05) is 17.8 Å². The third-order valence-corrected chi connectivity index (χ3v) is 6.41. The quantitative estimate of drug-likeness (QED) is 0.418. The first-order chi connectivity index (χ1) is 16.2. The number of nitrogens with zero attached hydrogens (tertiary/aromatic N) is 3. The number of nitrogens with one attached hydrogen (secondary N) is 2. The predicted octanol–water partition coefficient (Wildman–Crippen LogP) is 5.08. The first-order valence-corrected chi connectivity index (χ1v) is 12.5. The number of carbonyl (C=O) groups excluding carboxylic acids is 2. The lowest BCUT2D eigenvalue weighted by atomic mass is 10.0. The van der Waals surface area contributed by atoms with E-state index < -0.39 is 0 Å². The van der Waals surface area contributed by atoms with Crippen molar-refractivity contribution in [3.05, 3.63) is 70.5 Å². The molecule has 0 radical (unpaired) electrons. The number of anilines is 1. The molecule has 34 heavy (non-hydrogen) atoms. The zero-order valence-corrected chi connectivity index (χ0v) is 21.5. The van der Waals surface area contributed by atoms with Gasteiger partial charge in [0.2, 0.25) is 5.91 Å². The molecule has 0 saturated carbocycles. The topological polar surface area (TPSA) is 88.9 Å². The van der Waals surface area contributed by atoms with Gasteiger partial charge in [0.1, 0.15) is 0 Å². The van der Waals surface area contributed by atoms with Crippen LogP contribution in [0.4, 0.5) is 5.69 Å². The summed E-state index contributed by atoms with van der Waals surface area (Å²) < 4.78 is 1.97. The number of hydrogen-bond acceptors (Lipinski definition) is 5. The van der Waals surface area contributed by atoms with Crippen LogP contribution in [0.25, 0.3) is 0 Å². The van der Waals surface area contributed by atoms with Gasteiger partial charge in [0.25, 0.3) is 5.91 Å². The summed E-state index contributed by atoms with van der Waals surface area (Å²) in [5, 5.41) is 15.5. The minimum Gasteiger partial charge on any atom is -0.342 e. The van der Waals surface area contributed by atoms with E-state index in [1.807, 2.05) is 82.5 Å². The van der Waals surface area contributed by atoms with E-state index >= 15 is 0 Å². The highest BCUT2D eigenvalue weighted by molar-refractivity contribution is 7.99. The van der Waals surface area contributed by atoms with Gasteiger partial charge in [-0.1, -0.05) is 49.4 Å². The van der Waals surface area contributed by atoms with Gasteiger partial charge < -0.3 is 15.2 Å². The van der Waals surface area contributed by atoms with Crippen LogP contribution in [0, 0.1) is 26.7 Å². The zero-order chi connectivity index (χ0) is 24.8. The van der Waals surface area contributed by atoms with E-state index in [0.717, 1.165) is 22.4 Å². The lowest BCUT2D eigenvalue weighted by molar-refractivity contribution is -0.113. The third-order valence-electron chi connectivity index (χ3n) is 5.44. The van der Waals surface area contributed by atoms with Gasteiger partial charge in [-0.2, -0.15) is 0 Å². The van der Waals surface area contributed by atoms with Crippen molar-refractivity contribution in [1.29, 1.82) is 0 Å². The maximum Gasteiger partial charge on any atom is 0.251 e. The molecule has 0 aliphatic carbocycles. The van der Waals surface area contributed by atoms with Gasteiger partial charge in [-0.05, 0) is 69.0 Å². The molecule has 0 fully saturated rings. The molecular formula is C26H33N5O2S. The molecule has 0 unspecified atom stereocenters. The van der Waals surface area contributed by atoms with Gasteiger partial charge in [0.05, 0.1) is 11.8 Å². The second kappa shape index (κ2) is 11.3. The molecule has 0 aliphatic heterocycles. The minimum absolute atomic E-state index is 0.102. The van der Waals surface area contributed by atoms with Gasteiger partial charge in [-0.25, -0.2) is 0 Å². The second-order valence-electron chi connectivity index (χ2n) is 8.86. The fourth-order valence-electron chi connectivity index (χ4n) is 3.77. The van der Waals surface area contributed by atoms with E-state index in [4.69, 9.17) is 0 Å². The Labute approximate surface area is 205 Å². The number of amides is 2. The summed E-state index contributed by atoms with van der Waals surface area (Å²) in [6.45, 7) is 12.7. The first-order valence-electron chi connectivity index (χ1n) is 11.5. The molecule has 180 valence electrons. The summed E-state index contributed by atoms with van der Waals surface area (Å²) in [5.41, 5.74) is 4.71. The maximum absolute atomic E-state index is 12.9. The number of aryl methyl sites for hydroxylation is 3. The Morgan fingerprint density at radius 2 is 1.62 bits per heavy atom. The molecule has 3 aromatic rings. The number of rotatable bonds is 9. The van der Waals surface area contributed by atoms with Crippen LogP contribution >= 0.6 is 11.8 Å². The summed E-state index contributed by atoms with van der Waals surface area (Å²) >= 11 is 1.34. The van der Waals surface area contributed by atoms with E-state index in [9.17, 15) is 9.59 Å². The Kier molecular flexibility index (Phi) is 8.50. The van der Waals surface area contributed by atoms with Crippen LogP contribution in [0.2, 0.25) is 0 Å². The van der Waals surface area contributed by atoms with Gasteiger partial charge >= 0.3 is 0 Å². The van der Waals surface area contributed by atoms with Crippen molar-refractivity contribution in [2.75, 3.05) is 11.1 Å². The number of hydrogen-bond donors (Lipinski definition) is 2. The van der Waals surface area contributed by atoms with Crippen molar-refractivity contribution in [2.45, 2.75) is 59.3 Å². The molecule has 2 amide bonds. The average Bonchev–Trinajstić information content (AvgIpc) is 3.17. The number of carbonyl (C=O) groups is 2. The van der Waals surface area contributed by atoms with Crippen LogP contribution in [0.3, 0.4) is 0 Å². The van der Waals surface area contributed by atoms with Crippen molar-refractivity contribution >= 4 is 29.3 Å². The van der Waals surface area contributed by atoms with Crippen LogP contribution in [-0.4, -0.2) is 32.3 Å². The highest BCUT2D eigenvalue weighted by Crippen LogP contribution is 2.26.